The number of amides is 1. The van der Waals surface area contributed by atoms with Crippen LogP contribution < -0.4 is 0 Å². The Hall–Kier alpha value is -2.54. The van der Waals surface area contributed by atoms with E-state index in [1.165, 1.54) is 17.0 Å². The Morgan fingerprint density at radius 1 is 0.923 bits per heavy atom. The Bertz CT molecular complexity index is 777. The third-order valence-corrected chi connectivity index (χ3v) is 4.83. The van der Waals surface area contributed by atoms with E-state index in [0.717, 1.165) is 17.7 Å². The van der Waals surface area contributed by atoms with Crippen LogP contribution in [0.5, 0.6) is 0 Å². The molecule has 2 aromatic rings. The summed E-state index contributed by atoms with van der Waals surface area (Å²) in [6.45, 7) is 0.513. The highest BCUT2D eigenvalue weighted by Gasteiger charge is 2.35. The zero-order valence-electron chi connectivity index (χ0n) is 13.8. The van der Waals surface area contributed by atoms with E-state index < -0.39 is 23.4 Å². The van der Waals surface area contributed by atoms with Gasteiger partial charge in [-0.3, -0.25) is 0 Å². The second-order valence-electron chi connectivity index (χ2n) is 6.45. The van der Waals surface area contributed by atoms with E-state index in [2.05, 4.69) is 0 Å². The van der Waals surface area contributed by atoms with Gasteiger partial charge in [-0.1, -0.05) is 36.4 Å². The van der Waals surface area contributed by atoms with E-state index in [-0.39, 0.29) is 13.1 Å². The van der Waals surface area contributed by atoms with E-state index >= 15 is 0 Å². The lowest BCUT2D eigenvalue weighted by Crippen LogP contribution is -2.44. The number of benzene rings is 2. The number of piperidine rings is 1. The summed E-state index contributed by atoms with van der Waals surface area (Å²) in [6, 6.07) is 11.9. The zero-order chi connectivity index (χ0) is 18.9. The molecule has 0 aliphatic carbocycles. The zero-order valence-corrected chi connectivity index (χ0v) is 13.8. The Morgan fingerprint density at radius 2 is 1.38 bits per heavy atom. The van der Waals surface area contributed by atoms with Gasteiger partial charge in [0.15, 0.2) is 0 Å². The van der Waals surface area contributed by atoms with Crippen molar-refractivity contribution in [2.75, 3.05) is 13.1 Å². The van der Waals surface area contributed by atoms with Crippen LogP contribution in [0.2, 0.25) is 0 Å². The quantitative estimate of drug-likeness (QED) is 0.833. The third kappa shape index (κ3) is 3.67. The van der Waals surface area contributed by atoms with Gasteiger partial charge in [0.25, 0.3) is 0 Å². The molecule has 2 aromatic carbocycles. The molecule has 0 atom stereocenters. The van der Waals surface area contributed by atoms with Crippen molar-refractivity contribution < 1.29 is 28.2 Å². The van der Waals surface area contributed by atoms with Crippen LogP contribution in [0.3, 0.4) is 0 Å². The molecule has 1 heterocycles. The number of carbonyl (C=O) groups is 1. The normalized spacial score (nSPS) is 17.2. The summed E-state index contributed by atoms with van der Waals surface area (Å²) < 4.78 is 37.9. The Kier molecular flexibility index (Phi) is 4.66. The van der Waals surface area contributed by atoms with E-state index in [1.807, 2.05) is 0 Å². The first-order valence-corrected chi connectivity index (χ1v) is 8.17. The highest BCUT2D eigenvalue weighted by atomic mass is 19.4. The van der Waals surface area contributed by atoms with Gasteiger partial charge in [0.05, 0.1) is 11.2 Å². The lowest BCUT2D eigenvalue weighted by molar-refractivity contribution is -0.137. The van der Waals surface area contributed by atoms with Crippen molar-refractivity contribution in [1.29, 1.82) is 0 Å². The van der Waals surface area contributed by atoms with Crippen molar-refractivity contribution in [3.05, 3.63) is 59.7 Å². The van der Waals surface area contributed by atoms with Crippen molar-refractivity contribution in [3.63, 3.8) is 0 Å². The minimum Gasteiger partial charge on any atom is -0.465 e. The molecule has 1 aliphatic heterocycles. The van der Waals surface area contributed by atoms with Crippen molar-refractivity contribution >= 4 is 6.09 Å². The number of alkyl halides is 3. The fourth-order valence-corrected chi connectivity index (χ4v) is 3.18. The molecule has 0 saturated carbocycles. The number of nitrogens with zero attached hydrogens (tertiary/aromatic N) is 1. The average Bonchev–Trinajstić information content (AvgIpc) is 2.62. The lowest BCUT2D eigenvalue weighted by atomic mass is 9.84. The molecule has 0 spiro atoms. The number of aliphatic hydroxyl groups is 1. The smallest absolute Gasteiger partial charge is 0.416 e. The van der Waals surface area contributed by atoms with Gasteiger partial charge >= 0.3 is 12.3 Å². The van der Waals surface area contributed by atoms with Crippen LogP contribution in [0.4, 0.5) is 18.0 Å². The molecule has 0 aromatic heterocycles. The lowest BCUT2D eigenvalue weighted by Gasteiger charge is -2.37. The SMILES string of the molecule is O=C(O)N1CCC(O)(c2ccc(-c3ccc(C(F)(F)F)cc3)cc2)CC1. The van der Waals surface area contributed by atoms with Crippen LogP contribution >= 0.6 is 0 Å². The molecule has 2 N–H and O–H groups in total. The minimum absolute atomic E-state index is 0.256. The van der Waals surface area contributed by atoms with Gasteiger partial charge in [0.2, 0.25) is 0 Å². The highest BCUT2D eigenvalue weighted by molar-refractivity contribution is 5.65. The van der Waals surface area contributed by atoms with Crippen LogP contribution in [-0.2, 0) is 11.8 Å². The first kappa shape index (κ1) is 18.3. The highest BCUT2D eigenvalue weighted by Crippen LogP contribution is 2.35. The standard InChI is InChI=1S/C19H18F3NO3/c20-19(21,22)16-7-3-14(4-8-16)13-1-5-15(6-2-13)18(26)9-11-23(12-10-18)17(24)25/h1-8,26H,9-12H2,(H,24,25). The van der Waals surface area contributed by atoms with Gasteiger partial charge in [-0.2, -0.15) is 13.2 Å². The molecular formula is C19H18F3NO3. The topological polar surface area (TPSA) is 60.8 Å². The van der Waals surface area contributed by atoms with E-state index in [4.69, 9.17) is 5.11 Å². The maximum atomic E-state index is 12.6. The Balaban J connectivity index is 1.75. The van der Waals surface area contributed by atoms with E-state index in [9.17, 15) is 23.1 Å². The van der Waals surface area contributed by atoms with E-state index in [1.54, 1.807) is 24.3 Å². The second kappa shape index (κ2) is 6.64. The van der Waals surface area contributed by atoms with Gasteiger partial charge < -0.3 is 15.1 Å². The third-order valence-electron chi connectivity index (χ3n) is 4.83. The van der Waals surface area contributed by atoms with Gasteiger partial charge in [0.1, 0.15) is 0 Å². The van der Waals surface area contributed by atoms with Crippen LogP contribution in [0.25, 0.3) is 11.1 Å². The molecular weight excluding hydrogens is 347 g/mol. The fraction of sp³-hybridized carbons (Fsp3) is 0.316. The van der Waals surface area contributed by atoms with Crippen LogP contribution in [0.1, 0.15) is 24.0 Å². The molecule has 0 unspecified atom stereocenters. The maximum Gasteiger partial charge on any atom is 0.416 e. The monoisotopic (exact) mass is 365 g/mol. The molecule has 138 valence electrons. The molecule has 26 heavy (non-hydrogen) atoms. The molecule has 0 radical (unpaired) electrons. The van der Waals surface area contributed by atoms with Gasteiger partial charge in [-0.15, -0.1) is 0 Å². The van der Waals surface area contributed by atoms with Crippen molar-refractivity contribution in [2.24, 2.45) is 0 Å². The number of likely N-dealkylation sites (tertiary alicyclic amines) is 1. The largest absolute Gasteiger partial charge is 0.465 e. The Labute approximate surface area is 148 Å². The molecule has 1 amide bonds. The number of hydrogen-bond donors (Lipinski definition) is 2. The van der Waals surface area contributed by atoms with Gasteiger partial charge in [0, 0.05) is 13.1 Å². The summed E-state index contributed by atoms with van der Waals surface area (Å²) in [4.78, 5) is 12.2. The molecule has 4 nitrogen and oxygen atoms in total. The fourth-order valence-electron chi connectivity index (χ4n) is 3.18. The summed E-state index contributed by atoms with van der Waals surface area (Å²) in [5, 5.41) is 19.8. The Morgan fingerprint density at radius 3 is 1.81 bits per heavy atom. The summed E-state index contributed by atoms with van der Waals surface area (Å²) >= 11 is 0. The number of carboxylic acid groups (broad SMARTS) is 1. The van der Waals surface area contributed by atoms with Crippen molar-refractivity contribution in [3.8, 4) is 11.1 Å². The van der Waals surface area contributed by atoms with E-state index in [0.29, 0.717) is 24.0 Å². The predicted molar refractivity (Wildman–Crippen MR) is 89.6 cm³/mol. The average molecular weight is 365 g/mol. The van der Waals surface area contributed by atoms with Crippen LogP contribution in [0.15, 0.2) is 48.5 Å². The van der Waals surface area contributed by atoms with Gasteiger partial charge in [-0.25, -0.2) is 4.79 Å². The van der Waals surface area contributed by atoms with Crippen molar-refractivity contribution in [2.45, 2.75) is 24.6 Å². The van der Waals surface area contributed by atoms with Gasteiger partial charge in [-0.05, 0) is 41.7 Å². The first-order chi connectivity index (χ1) is 12.2. The molecule has 1 saturated heterocycles. The minimum atomic E-state index is -4.36. The summed E-state index contributed by atoms with van der Waals surface area (Å²) in [7, 11) is 0. The predicted octanol–water partition coefficient (Wildman–Crippen LogP) is 4.33. The first-order valence-electron chi connectivity index (χ1n) is 8.17. The molecule has 1 fully saturated rings. The van der Waals surface area contributed by atoms with Crippen molar-refractivity contribution in [1.82, 2.24) is 4.90 Å². The number of rotatable bonds is 2. The molecule has 3 rings (SSSR count). The maximum absolute atomic E-state index is 12.6. The summed E-state index contributed by atoms with van der Waals surface area (Å²) in [5.41, 5.74) is 0.284. The molecule has 7 heteroatoms. The second-order valence-corrected chi connectivity index (χ2v) is 6.45. The number of hydrogen-bond acceptors (Lipinski definition) is 2. The summed E-state index contributed by atoms with van der Waals surface area (Å²) in [5.74, 6) is 0. The number of halogens is 3. The summed E-state index contributed by atoms with van der Waals surface area (Å²) in [6.07, 6.45) is -4.75. The molecule has 0 bridgehead atoms. The van der Waals surface area contributed by atoms with Crippen LogP contribution in [0, 0.1) is 0 Å². The van der Waals surface area contributed by atoms with Crippen LogP contribution in [-0.4, -0.2) is 34.3 Å². The molecule has 1 aliphatic rings.